The highest BCUT2D eigenvalue weighted by atomic mass is 16.2. The Bertz CT molecular complexity index is 809. The van der Waals surface area contributed by atoms with Crippen molar-refractivity contribution in [3.63, 3.8) is 0 Å². The van der Waals surface area contributed by atoms with Crippen LogP contribution >= 0.6 is 0 Å². The van der Waals surface area contributed by atoms with Crippen LogP contribution in [0.2, 0.25) is 0 Å². The highest BCUT2D eigenvalue weighted by Crippen LogP contribution is 2.35. The summed E-state index contributed by atoms with van der Waals surface area (Å²) in [6, 6.07) is 15.9. The molecule has 1 amide bonds. The Morgan fingerprint density at radius 3 is 2.61 bits per heavy atom. The maximum Gasteiger partial charge on any atom is 0.231 e. The van der Waals surface area contributed by atoms with Crippen LogP contribution in [0.5, 0.6) is 0 Å². The highest BCUT2D eigenvalue weighted by molar-refractivity contribution is 6.02. The molecule has 2 aromatic carbocycles. The molecule has 0 aliphatic carbocycles. The third-order valence-electron chi connectivity index (χ3n) is 4.00. The topological polar surface area (TPSA) is 44.1 Å². The molecule has 0 saturated heterocycles. The van der Waals surface area contributed by atoms with Crippen LogP contribution in [0.15, 0.2) is 42.5 Å². The normalized spacial score (nSPS) is 13.8. The summed E-state index contributed by atoms with van der Waals surface area (Å²) in [7, 11) is 0. The van der Waals surface area contributed by atoms with Gasteiger partial charge in [0.2, 0.25) is 5.91 Å². The van der Waals surface area contributed by atoms with Gasteiger partial charge < -0.3 is 4.90 Å². The van der Waals surface area contributed by atoms with Crippen molar-refractivity contribution in [3.05, 3.63) is 53.6 Å². The van der Waals surface area contributed by atoms with Crippen molar-refractivity contribution in [2.24, 2.45) is 5.41 Å². The zero-order valence-corrected chi connectivity index (χ0v) is 13.8. The Morgan fingerprint density at radius 2 is 1.91 bits per heavy atom. The molecule has 0 atom stereocenters. The molecule has 2 aromatic rings. The molecule has 0 bridgehead atoms. The number of benzene rings is 2. The van der Waals surface area contributed by atoms with Crippen molar-refractivity contribution in [2.75, 3.05) is 11.4 Å². The van der Waals surface area contributed by atoms with E-state index in [4.69, 9.17) is 0 Å². The largest absolute Gasteiger partial charge is 0.311 e. The first-order valence-electron chi connectivity index (χ1n) is 7.82. The van der Waals surface area contributed by atoms with E-state index in [9.17, 15) is 10.1 Å². The van der Waals surface area contributed by atoms with Gasteiger partial charge in [-0.05, 0) is 40.3 Å². The Labute approximate surface area is 137 Å². The Hall–Kier alpha value is -2.60. The molecule has 0 aromatic heterocycles. The summed E-state index contributed by atoms with van der Waals surface area (Å²) >= 11 is 0. The highest BCUT2D eigenvalue weighted by Gasteiger charge is 2.30. The lowest BCUT2D eigenvalue weighted by molar-refractivity contribution is -0.117. The number of carbonyl (C=O) groups excluding carboxylic acids is 1. The van der Waals surface area contributed by atoms with Gasteiger partial charge in [0.25, 0.3) is 0 Å². The van der Waals surface area contributed by atoms with Gasteiger partial charge in [-0.25, -0.2) is 0 Å². The molecular weight excluding hydrogens is 284 g/mol. The van der Waals surface area contributed by atoms with Crippen molar-refractivity contribution >= 4 is 11.6 Å². The molecule has 0 unspecified atom stereocenters. The van der Waals surface area contributed by atoms with Crippen molar-refractivity contribution in [1.82, 2.24) is 0 Å². The first kappa shape index (κ1) is 15.3. The summed E-state index contributed by atoms with van der Waals surface area (Å²) in [5.41, 5.74) is 4.67. The van der Waals surface area contributed by atoms with Crippen LogP contribution in [0.3, 0.4) is 0 Å². The van der Waals surface area contributed by atoms with Gasteiger partial charge in [0.05, 0.1) is 18.1 Å². The van der Waals surface area contributed by atoms with Crippen LogP contribution in [0.1, 0.15) is 31.9 Å². The number of amides is 1. The molecule has 0 N–H and O–H groups in total. The van der Waals surface area contributed by atoms with E-state index in [0.717, 1.165) is 22.4 Å². The molecule has 0 saturated carbocycles. The summed E-state index contributed by atoms with van der Waals surface area (Å²) in [5, 5.41) is 9.27. The molecule has 23 heavy (non-hydrogen) atoms. The average molecular weight is 304 g/mol. The molecule has 0 fully saturated rings. The molecule has 1 heterocycles. The van der Waals surface area contributed by atoms with Crippen LogP contribution in [-0.2, 0) is 11.2 Å². The van der Waals surface area contributed by atoms with E-state index in [-0.39, 0.29) is 11.3 Å². The first-order valence-corrected chi connectivity index (χ1v) is 7.82. The number of anilines is 1. The molecule has 1 aliphatic rings. The van der Waals surface area contributed by atoms with Gasteiger partial charge in [-0.3, -0.25) is 4.79 Å². The Balaban J connectivity index is 2.01. The molecule has 3 nitrogen and oxygen atoms in total. The van der Waals surface area contributed by atoms with Gasteiger partial charge in [-0.15, -0.1) is 0 Å². The molecule has 0 spiro atoms. The van der Waals surface area contributed by atoms with Crippen LogP contribution in [0, 0.1) is 16.7 Å². The van der Waals surface area contributed by atoms with Gasteiger partial charge in [-0.2, -0.15) is 5.26 Å². The lowest BCUT2D eigenvalue weighted by Crippen LogP contribution is -2.35. The van der Waals surface area contributed by atoms with E-state index >= 15 is 0 Å². The van der Waals surface area contributed by atoms with E-state index in [1.54, 1.807) is 0 Å². The minimum atomic E-state index is 0.0589. The quantitative estimate of drug-likeness (QED) is 0.836. The number of hydrogen-bond donors (Lipinski definition) is 0. The molecule has 3 heteroatoms. The summed E-state index contributed by atoms with van der Waals surface area (Å²) < 4.78 is 0. The maximum absolute atomic E-state index is 12.4. The van der Waals surface area contributed by atoms with Gasteiger partial charge >= 0.3 is 0 Å². The van der Waals surface area contributed by atoms with E-state index < -0.39 is 0 Å². The van der Waals surface area contributed by atoms with Crippen LogP contribution in [0.25, 0.3) is 11.1 Å². The van der Waals surface area contributed by atoms with E-state index in [1.165, 1.54) is 0 Å². The van der Waals surface area contributed by atoms with Crippen LogP contribution in [0.4, 0.5) is 5.69 Å². The van der Waals surface area contributed by atoms with Gasteiger partial charge in [-0.1, -0.05) is 45.0 Å². The Morgan fingerprint density at radius 1 is 1.17 bits per heavy atom. The van der Waals surface area contributed by atoms with E-state index in [2.05, 4.69) is 26.8 Å². The number of fused-ring (bicyclic) bond motifs is 1. The predicted octanol–water partition coefficient (Wildman–Crippen LogP) is 4.16. The van der Waals surface area contributed by atoms with Gasteiger partial charge in [0, 0.05) is 12.2 Å². The van der Waals surface area contributed by atoms with Crippen molar-refractivity contribution in [2.45, 2.75) is 27.2 Å². The third-order valence-corrected chi connectivity index (χ3v) is 4.00. The monoisotopic (exact) mass is 304 g/mol. The predicted molar refractivity (Wildman–Crippen MR) is 92.1 cm³/mol. The fraction of sp³-hybridized carbons (Fsp3) is 0.300. The summed E-state index contributed by atoms with van der Waals surface area (Å²) in [6.45, 7) is 7.12. The third kappa shape index (κ3) is 2.98. The standard InChI is InChI=1S/C20H20N2O/c1-20(2,3)13-22-18-9-8-14(10-16(18)11-19(22)23)17-7-5-4-6-15(17)12-21/h4-10H,11,13H2,1-3H3. The Kier molecular flexibility index (Phi) is 3.69. The summed E-state index contributed by atoms with van der Waals surface area (Å²) in [5.74, 6) is 0.153. The van der Waals surface area contributed by atoms with Gasteiger partial charge in [0.15, 0.2) is 0 Å². The molecular formula is C20H20N2O. The second-order valence-corrected chi connectivity index (χ2v) is 7.22. The van der Waals surface area contributed by atoms with Crippen LogP contribution in [-0.4, -0.2) is 12.5 Å². The number of carbonyl (C=O) groups is 1. The van der Waals surface area contributed by atoms with E-state index in [1.807, 2.05) is 47.4 Å². The molecule has 3 rings (SSSR count). The van der Waals surface area contributed by atoms with Crippen molar-refractivity contribution < 1.29 is 4.79 Å². The zero-order valence-electron chi connectivity index (χ0n) is 13.8. The van der Waals surface area contributed by atoms with Crippen molar-refractivity contribution in [1.29, 1.82) is 5.26 Å². The zero-order chi connectivity index (χ0) is 16.6. The summed E-state index contributed by atoms with van der Waals surface area (Å²) in [4.78, 5) is 14.2. The first-order chi connectivity index (χ1) is 10.9. The molecule has 1 aliphatic heterocycles. The van der Waals surface area contributed by atoms with E-state index in [0.29, 0.717) is 18.5 Å². The fourth-order valence-corrected chi connectivity index (χ4v) is 3.03. The number of rotatable bonds is 2. The maximum atomic E-state index is 12.4. The number of nitrogens with zero attached hydrogens (tertiary/aromatic N) is 2. The average Bonchev–Trinajstić information content (AvgIpc) is 2.80. The minimum absolute atomic E-state index is 0.0589. The second-order valence-electron chi connectivity index (χ2n) is 7.22. The van der Waals surface area contributed by atoms with Crippen LogP contribution < -0.4 is 4.90 Å². The SMILES string of the molecule is CC(C)(C)CN1C(=O)Cc2cc(-c3ccccc3C#N)ccc21. The molecule has 0 radical (unpaired) electrons. The summed E-state index contributed by atoms with van der Waals surface area (Å²) in [6.07, 6.45) is 0.438. The lowest BCUT2D eigenvalue weighted by Gasteiger charge is -2.27. The fourth-order valence-electron chi connectivity index (χ4n) is 3.03. The second kappa shape index (κ2) is 5.55. The molecule has 116 valence electrons. The number of nitriles is 1. The number of hydrogen-bond acceptors (Lipinski definition) is 2. The minimum Gasteiger partial charge on any atom is -0.311 e. The smallest absolute Gasteiger partial charge is 0.231 e. The van der Waals surface area contributed by atoms with Crippen molar-refractivity contribution in [3.8, 4) is 17.2 Å². The lowest BCUT2D eigenvalue weighted by atomic mass is 9.95. The van der Waals surface area contributed by atoms with Gasteiger partial charge in [0.1, 0.15) is 0 Å².